The quantitative estimate of drug-likeness (QED) is 0.285. The summed E-state index contributed by atoms with van der Waals surface area (Å²) in [5.74, 6) is 0. The second-order valence-electron chi connectivity index (χ2n) is 8.14. The van der Waals surface area contributed by atoms with Crippen LogP contribution in [0.1, 0.15) is 43.7 Å². The first-order chi connectivity index (χ1) is 13.7. The van der Waals surface area contributed by atoms with Crippen LogP contribution in [0.5, 0.6) is 0 Å². The Bertz CT molecular complexity index is 1310. The molecule has 0 aliphatic carbocycles. The van der Waals surface area contributed by atoms with Gasteiger partial charge in [0.2, 0.25) is 0 Å². The number of benzene rings is 4. The van der Waals surface area contributed by atoms with Crippen LogP contribution >= 0.6 is 0 Å². The summed E-state index contributed by atoms with van der Waals surface area (Å²) in [6.45, 7) is 4.40. The molecule has 0 saturated carbocycles. The number of hydrogen-bond donors (Lipinski definition) is 0. The first-order valence-electron chi connectivity index (χ1n) is 10.5. The maximum atomic E-state index is 6.26. The van der Waals surface area contributed by atoms with Gasteiger partial charge < -0.3 is 4.42 Å². The van der Waals surface area contributed by atoms with Gasteiger partial charge in [0.05, 0.1) is 0 Å². The van der Waals surface area contributed by atoms with Gasteiger partial charge >= 0.3 is 0 Å². The normalized spacial score (nSPS) is 11.9. The number of furan rings is 1. The molecule has 1 aromatic heterocycles. The molecule has 1 heterocycles. The Kier molecular flexibility index (Phi) is 4.31. The van der Waals surface area contributed by atoms with E-state index in [4.69, 9.17) is 4.42 Å². The van der Waals surface area contributed by atoms with E-state index in [0.29, 0.717) is 0 Å². The lowest BCUT2D eigenvalue weighted by atomic mass is 10.00. The summed E-state index contributed by atoms with van der Waals surface area (Å²) in [6.07, 6.45) is 6.39. The predicted molar refractivity (Wildman–Crippen MR) is 121 cm³/mol. The summed E-state index contributed by atoms with van der Waals surface area (Å²) in [7, 11) is 0. The molecule has 0 atom stereocenters. The minimum atomic E-state index is 0.975. The molecule has 140 valence electrons. The van der Waals surface area contributed by atoms with Crippen molar-refractivity contribution >= 4 is 43.5 Å². The van der Waals surface area contributed by atoms with Crippen molar-refractivity contribution in [2.45, 2.75) is 46.0 Å². The molecule has 0 saturated heterocycles. The molecule has 0 aliphatic heterocycles. The number of unbranched alkanes of at least 4 members (excludes halogenated alkanes) is 3. The van der Waals surface area contributed by atoms with E-state index in [2.05, 4.69) is 74.5 Å². The van der Waals surface area contributed by atoms with Crippen molar-refractivity contribution in [3.05, 3.63) is 71.8 Å². The van der Waals surface area contributed by atoms with E-state index in [9.17, 15) is 0 Å². The fourth-order valence-corrected chi connectivity index (χ4v) is 4.34. The molecule has 0 amide bonds. The molecule has 1 nitrogen and oxygen atoms in total. The Balaban J connectivity index is 1.60. The SMILES string of the molecule is CCCCCCc1ccc2cc3c(cc2c1)oc1cc2cc(C)ccc2cc13. The Morgan fingerprint density at radius 2 is 1.32 bits per heavy atom. The molecular weight excluding hydrogens is 340 g/mol. The molecule has 0 aliphatic rings. The molecule has 5 rings (SSSR count). The Labute approximate surface area is 166 Å². The largest absolute Gasteiger partial charge is 0.456 e. The zero-order valence-electron chi connectivity index (χ0n) is 16.7. The number of fused-ring (bicyclic) bond motifs is 5. The lowest BCUT2D eigenvalue weighted by molar-refractivity contribution is 0.667. The van der Waals surface area contributed by atoms with Gasteiger partial charge in [0.1, 0.15) is 11.2 Å². The van der Waals surface area contributed by atoms with Gasteiger partial charge in [0.15, 0.2) is 0 Å². The Morgan fingerprint density at radius 3 is 2.04 bits per heavy atom. The van der Waals surface area contributed by atoms with E-state index in [1.54, 1.807) is 0 Å². The van der Waals surface area contributed by atoms with Gasteiger partial charge in [0.25, 0.3) is 0 Å². The minimum absolute atomic E-state index is 0.975. The second kappa shape index (κ2) is 6.98. The van der Waals surface area contributed by atoms with Crippen molar-refractivity contribution in [1.29, 1.82) is 0 Å². The third kappa shape index (κ3) is 3.05. The van der Waals surface area contributed by atoms with Crippen LogP contribution in [0.3, 0.4) is 0 Å². The highest BCUT2D eigenvalue weighted by Gasteiger charge is 2.10. The number of aryl methyl sites for hydroxylation is 2. The highest BCUT2D eigenvalue weighted by Crippen LogP contribution is 2.35. The van der Waals surface area contributed by atoms with Crippen molar-refractivity contribution in [1.82, 2.24) is 0 Å². The van der Waals surface area contributed by atoms with E-state index in [1.165, 1.54) is 75.5 Å². The highest BCUT2D eigenvalue weighted by atomic mass is 16.3. The number of hydrogen-bond acceptors (Lipinski definition) is 1. The molecule has 0 fully saturated rings. The van der Waals surface area contributed by atoms with Crippen molar-refractivity contribution in [2.24, 2.45) is 0 Å². The van der Waals surface area contributed by atoms with Crippen LogP contribution in [0.15, 0.2) is 65.1 Å². The lowest BCUT2D eigenvalue weighted by Gasteiger charge is -2.04. The second-order valence-corrected chi connectivity index (χ2v) is 8.14. The molecule has 0 bridgehead atoms. The highest BCUT2D eigenvalue weighted by molar-refractivity contribution is 6.13. The Morgan fingerprint density at radius 1 is 0.643 bits per heavy atom. The van der Waals surface area contributed by atoms with Gasteiger partial charge in [0, 0.05) is 10.8 Å². The van der Waals surface area contributed by atoms with Gasteiger partial charge in [-0.1, -0.05) is 68.1 Å². The summed E-state index contributed by atoms with van der Waals surface area (Å²) >= 11 is 0. The van der Waals surface area contributed by atoms with Crippen LogP contribution in [-0.4, -0.2) is 0 Å². The molecule has 0 spiro atoms. The van der Waals surface area contributed by atoms with Crippen LogP contribution in [0.4, 0.5) is 0 Å². The maximum absolute atomic E-state index is 6.26. The molecule has 0 N–H and O–H groups in total. The first kappa shape index (κ1) is 17.3. The summed E-state index contributed by atoms with van der Waals surface area (Å²) in [4.78, 5) is 0. The summed E-state index contributed by atoms with van der Waals surface area (Å²) in [5.41, 5.74) is 4.67. The summed E-state index contributed by atoms with van der Waals surface area (Å²) in [5, 5.41) is 7.49. The number of rotatable bonds is 5. The summed E-state index contributed by atoms with van der Waals surface area (Å²) < 4.78 is 6.26. The zero-order chi connectivity index (χ0) is 19.1. The van der Waals surface area contributed by atoms with Gasteiger partial charge in [-0.05, 0) is 71.1 Å². The molecule has 4 aromatic carbocycles. The topological polar surface area (TPSA) is 13.1 Å². The van der Waals surface area contributed by atoms with Crippen LogP contribution < -0.4 is 0 Å². The molecule has 0 radical (unpaired) electrons. The van der Waals surface area contributed by atoms with Crippen molar-refractivity contribution in [3.63, 3.8) is 0 Å². The van der Waals surface area contributed by atoms with Gasteiger partial charge in [-0.3, -0.25) is 0 Å². The van der Waals surface area contributed by atoms with Gasteiger partial charge in [-0.2, -0.15) is 0 Å². The van der Waals surface area contributed by atoms with E-state index >= 15 is 0 Å². The van der Waals surface area contributed by atoms with Crippen LogP contribution in [0.2, 0.25) is 0 Å². The molecule has 5 aromatic rings. The molecule has 0 unspecified atom stereocenters. The van der Waals surface area contributed by atoms with Crippen molar-refractivity contribution in [3.8, 4) is 0 Å². The third-order valence-electron chi connectivity index (χ3n) is 5.93. The van der Waals surface area contributed by atoms with Crippen LogP contribution in [-0.2, 0) is 6.42 Å². The van der Waals surface area contributed by atoms with Gasteiger partial charge in [-0.25, -0.2) is 0 Å². The third-order valence-corrected chi connectivity index (χ3v) is 5.93. The standard InChI is InChI=1S/C27H26O/c1-3-4-5-6-7-19-9-11-21-15-25-24-14-20-10-8-18(2)12-22(20)16-26(24)28-27(25)17-23(21)13-19/h8-17H,3-7H2,1-2H3. The molecular formula is C27H26O. The van der Waals surface area contributed by atoms with Gasteiger partial charge in [-0.15, -0.1) is 0 Å². The molecule has 1 heteroatoms. The summed E-state index contributed by atoms with van der Waals surface area (Å²) in [6, 6.07) is 22.5. The zero-order valence-corrected chi connectivity index (χ0v) is 16.7. The van der Waals surface area contributed by atoms with Crippen LogP contribution in [0, 0.1) is 6.92 Å². The fraction of sp³-hybridized carbons (Fsp3) is 0.259. The van der Waals surface area contributed by atoms with Crippen molar-refractivity contribution in [2.75, 3.05) is 0 Å². The van der Waals surface area contributed by atoms with E-state index in [1.807, 2.05) is 0 Å². The monoisotopic (exact) mass is 366 g/mol. The van der Waals surface area contributed by atoms with Crippen LogP contribution in [0.25, 0.3) is 43.5 Å². The van der Waals surface area contributed by atoms with E-state index < -0.39 is 0 Å². The average molecular weight is 367 g/mol. The fourth-order valence-electron chi connectivity index (χ4n) is 4.34. The smallest absolute Gasteiger partial charge is 0.136 e. The Hall–Kier alpha value is -2.80. The molecule has 28 heavy (non-hydrogen) atoms. The minimum Gasteiger partial charge on any atom is -0.456 e. The first-order valence-corrected chi connectivity index (χ1v) is 10.5. The van der Waals surface area contributed by atoms with E-state index in [-0.39, 0.29) is 0 Å². The average Bonchev–Trinajstić information content (AvgIpc) is 3.03. The lowest BCUT2D eigenvalue weighted by Crippen LogP contribution is -1.86. The van der Waals surface area contributed by atoms with E-state index in [0.717, 1.165) is 11.2 Å². The predicted octanol–water partition coefficient (Wildman–Crippen LogP) is 8.32. The van der Waals surface area contributed by atoms with Crippen molar-refractivity contribution < 1.29 is 4.42 Å². The maximum Gasteiger partial charge on any atom is 0.136 e.